The van der Waals surface area contributed by atoms with Crippen LogP contribution in [0.25, 0.3) is 22.4 Å². The highest BCUT2D eigenvalue weighted by molar-refractivity contribution is 5.83. The standard InChI is InChI=1S/C16H17N3O3/c1-20-13-8-15(22-3)14(21-2)7-10(13)16-18-11-5-4-9(17)6-12(11)19-16/h4-8H,17H2,1-3H3,(H,18,19). The second kappa shape index (κ2) is 5.48. The van der Waals surface area contributed by atoms with Crippen LogP contribution in [0.15, 0.2) is 30.3 Å². The Morgan fingerprint density at radius 1 is 0.909 bits per heavy atom. The molecule has 0 spiro atoms. The first-order valence-corrected chi connectivity index (χ1v) is 6.72. The average molecular weight is 299 g/mol. The number of benzene rings is 2. The fourth-order valence-electron chi connectivity index (χ4n) is 2.37. The molecule has 2 aromatic carbocycles. The Balaban J connectivity index is 2.19. The molecule has 0 unspecified atom stereocenters. The van der Waals surface area contributed by atoms with E-state index in [2.05, 4.69) is 9.97 Å². The number of anilines is 1. The molecule has 3 aromatic rings. The molecule has 0 aliphatic heterocycles. The van der Waals surface area contributed by atoms with E-state index in [4.69, 9.17) is 19.9 Å². The number of ether oxygens (including phenoxy) is 3. The highest BCUT2D eigenvalue weighted by Gasteiger charge is 2.16. The molecule has 1 heterocycles. The number of hydrogen-bond acceptors (Lipinski definition) is 5. The van der Waals surface area contributed by atoms with E-state index < -0.39 is 0 Å². The maximum atomic E-state index is 5.80. The Bertz CT molecular complexity index is 827. The third-order valence-corrected chi connectivity index (χ3v) is 3.47. The predicted molar refractivity (Wildman–Crippen MR) is 85.6 cm³/mol. The van der Waals surface area contributed by atoms with Gasteiger partial charge in [0.25, 0.3) is 0 Å². The lowest BCUT2D eigenvalue weighted by molar-refractivity contribution is 0.349. The molecule has 0 aliphatic rings. The van der Waals surface area contributed by atoms with Crippen molar-refractivity contribution in [3.05, 3.63) is 30.3 Å². The van der Waals surface area contributed by atoms with Crippen LogP contribution in [0.1, 0.15) is 0 Å². The van der Waals surface area contributed by atoms with Crippen molar-refractivity contribution >= 4 is 16.7 Å². The Kier molecular flexibility index (Phi) is 3.50. The van der Waals surface area contributed by atoms with Crippen LogP contribution in [0.3, 0.4) is 0 Å². The molecule has 6 nitrogen and oxygen atoms in total. The summed E-state index contributed by atoms with van der Waals surface area (Å²) >= 11 is 0. The maximum absolute atomic E-state index is 5.80. The maximum Gasteiger partial charge on any atom is 0.164 e. The normalized spacial score (nSPS) is 10.7. The van der Waals surface area contributed by atoms with Gasteiger partial charge in [0, 0.05) is 11.8 Å². The molecule has 22 heavy (non-hydrogen) atoms. The van der Waals surface area contributed by atoms with Crippen LogP contribution in [0.4, 0.5) is 5.69 Å². The number of nitrogens with one attached hydrogen (secondary N) is 1. The third-order valence-electron chi connectivity index (χ3n) is 3.47. The molecule has 3 N–H and O–H groups in total. The van der Waals surface area contributed by atoms with Gasteiger partial charge in [0.2, 0.25) is 0 Å². The first kappa shape index (κ1) is 14.1. The molecule has 0 saturated carbocycles. The predicted octanol–water partition coefficient (Wildman–Crippen LogP) is 2.84. The lowest BCUT2D eigenvalue weighted by Gasteiger charge is -2.12. The van der Waals surface area contributed by atoms with Gasteiger partial charge in [-0.05, 0) is 24.3 Å². The van der Waals surface area contributed by atoms with E-state index in [1.807, 2.05) is 24.3 Å². The van der Waals surface area contributed by atoms with E-state index in [0.717, 1.165) is 16.6 Å². The molecular formula is C16H17N3O3. The second-order valence-corrected chi connectivity index (χ2v) is 4.77. The summed E-state index contributed by atoms with van der Waals surface area (Å²) in [5, 5.41) is 0. The van der Waals surface area contributed by atoms with E-state index >= 15 is 0 Å². The first-order valence-electron chi connectivity index (χ1n) is 6.72. The number of H-pyrrole nitrogens is 1. The minimum absolute atomic E-state index is 0.600. The van der Waals surface area contributed by atoms with E-state index in [1.54, 1.807) is 27.4 Å². The van der Waals surface area contributed by atoms with Crippen LogP contribution in [0.2, 0.25) is 0 Å². The smallest absolute Gasteiger partial charge is 0.164 e. The number of fused-ring (bicyclic) bond motifs is 1. The highest BCUT2D eigenvalue weighted by atomic mass is 16.5. The van der Waals surface area contributed by atoms with Crippen molar-refractivity contribution in [3.63, 3.8) is 0 Å². The van der Waals surface area contributed by atoms with Crippen LogP contribution >= 0.6 is 0 Å². The third kappa shape index (κ3) is 2.28. The molecule has 0 saturated heterocycles. The van der Waals surface area contributed by atoms with Gasteiger partial charge >= 0.3 is 0 Å². The molecule has 0 fully saturated rings. The summed E-state index contributed by atoms with van der Waals surface area (Å²) in [4.78, 5) is 7.82. The number of aromatic amines is 1. The fraction of sp³-hybridized carbons (Fsp3) is 0.188. The van der Waals surface area contributed by atoms with Crippen molar-refractivity contribution in [2.75, 3.05) is 27.1 Å². The summed E-state index contributed by atoms with van der Waals surface area (Å²) < 4.78 is 16.1. The number of methoxy groups -OCH3 is 3. The number of nitrogen functional groups attached to an aromatic ring is 1. The van der Waals surface area contributed by atoms with Crippen molar-refractivity contribution in [2.45, 2.75) is 0 Å². The van der Waals surface area contributed by atoms with Gasteiger partial charge < -0.3 is 24.9 Å². The molecule has 1 aromatic heterocycles. The summed E-state index contributed by atoms with van der Waals surface area (Å²) in [5.41, 5.74) is 8.97. The fourth-order valence-corrected chi connectivity index (χ4v) is 2.37. The SMILES string of the molecule is COc1cc(OC)c(-c2nc3ccc(N)cc3[nH]2)cc1OC. The van der Waals surface area contributed by atoms with Crippen LogP contribution < -0.4 is 19.9 Å². The highest BCUT2D eigenvalue weighted by Crippen LogP contribution is 2.39. The van der Waals surface area contributed by atoms with Crippen LogP contribution in [-0.2, 0) is 0 Å². The van der Waals surface area contributed by atoms with E-state index in [1.165, 1.54) is 0 Å². The topological polar surface area (TPSA) is 82.4 Å². The largest absolute Gasteiger partial charge is 0.496 e. The second-order valence-electron chi connectivity index (χ2n) is 4.77. The molecule has 0 amide bonds. The average Bonchev–Trinajstić information content (AvgIpc) is 2.96. The number of hydrogen-bond donors (Lipinski definition) is 2. The van der Waals surface area contributed by atoms with Crippen LogP contribution in [0, 0.1) is 0 Å². The lowest BCUT2D eigenvalue weighted by Crippen LogP contribution is -1.95. The Hall–Kier alpha value is -2.89. The number of nitrogens with zero attached hydrogens (tertiary/aromatic N) is 1. The van der Waals surface area contributed by atoms with Crippen molar-refractivity contribution in [1.82, 2.24) is 9.97 Å². The van der Waals surface area contributed by atoms with Gasteiger partial charge in [0.15, 0.2) is 11.5 Å². The molecule has 3 rings (SSSR count). The minimum atomic E-state index is 0.600. The van der Waals surface area contributed by atoms with Gasteiger partial charge in [-0.15, -0.1) is 0 Å². The van der Waals surface area contributed by atoms with Crippen molar-refractivity contribution in [1.29, 1.82) is 0 Å². The summed E-state index contributed by atoms with van der Waals surface area (Å²) in [5.74, 6) is 2.53. The molecule has 0 aliphatic carbocycles. The van der Waals surface area contributed by atoms with Crippen molar-refractivity contribution in [2.24, 2.45) is 0 Å². The number of imidazole rings is 1. The number of aromatic nitrogens is 2. The van der Waals surface area contributed by atoms with Gasteiger partial charge in [-0.2, -0.15) is 0 Å². The molecule has 114 valence electrons. The monoisotopic (exact) mass is 299 g/mol. The van der Waals surface area contributed by atoms with Crippen LogP contribution in [0.5, 0.6) is 17.2 Å². The van der Waals surface area contributed by atoms with Gasteiger partial charge in [-0.25, -0.2) is 4.98 Å². The number of nitrogens with two attached hydrogens (primary N) is 1. The van der Waals surface area contributed by atoms with Gasteiger partial charge in [-0.3, -0.25) is 0 Å². The molecular weight excluding hydrogens is 282 g/mol. The molecule has 0 bridgehead atoms. The summed E-state index contributed by atoms with van der Waals surface area (Å²) in [7, 11) is 4.78. The Labute approximate surface area is 127 Å². The Morgan fingerprint density at radius 3 is 2.27 bits per heavy atom. The summed E-state index contributed by atoms with van der Waals surface area (Å²) in [6, 6.07) is 9.14. The molecule has 0 radical (unpaired) electrons. The van der Waals surface area contributed by atoms with E-state index in [0.29, 0.717) is 28.8 Å². The first-order chi connectivity index (χ1) is 10.7. The van der Waals surface area contributed by atoms with Crippen molar-refractivity contribution in [3.8, 4) is 28.6 Å². The summed E-state index contributed by atoms with van der Waals surface area (Å²) in [6.45, 7) is 0. The van der Waals surface area contributed by atoms with Crippen LogP contribution in [-0.4, -0.2) is 31.3 Å². The number of rotatable bonds is 4. The Morgan fingerprint density at radius 2 is 1.59 bits per heavy atom. The quantitative estimate of drug-likeness (QED) is 0.724. The lowest BCUT2D eigenvalue weighted by atomic mass is 10.1. The van der Waals surface area contributed by atoms with Gasteiger partial charge in [0.1, 0.15) is 11.6 Å². The summed E-state index contributed by atoms with van der Waals surface area (Å²) in [6.07, 6.45) is 0. The zero-order valence-corrected chi connectivity index (χ0v) is 12.6. The zero-order chi connectivity index (χ0) is 15.7. The molecule has 6 heteroatoms. The molecule has 0 atom stereocenters. The zero-order valence-electron chi connectivity index (χ0n) is 12.6. The van der Waals surface area contributed by atoms with Gasteiger partial charge in [-0.1, -0.05) is 0 Å². The van der Waals surface area contributed by atoms with Gasteiger partial charge in [0.05, 0.1) is 37.9 Å². The minimum Gasteiger partial charge on any atom is -0.496 e. The van der Waals surface area contributed by atoms with Crippen molar-refractivity contribution < 1.29 is 14.2 Å². The van der Waals surface area contributed by atoms with E-state index in [9.17, 15) is 0 Å². The van der Waals surface area contributed by atoms with E-state index in [-0.39, 0.29) is 0 Å².